The predicted molar refractivity (Wildman–Crippen MR) is 62.3 cm³/mol. The molecule has 0 spiro atoms. The van der Waals surface area contributed by atoms with Crippen LogP contribution in [0.25, 0.3) is 0 Å². The molecule has 1 aromatic carbocycles. The number of benzene rings is 1. The Balaban J connectivity index is 2.39. The van der Waals surface area contributed by atoms with Crippen LogP contribution in [-0.2, 0) is 10.7 Å². The Bertz CT molecular complexity index is 395. The van der Waals surface area contributed by atoms with Crippen molar-refractivity contribution in [3.63, 3.8) is 0 Å². The molecule has 0 amide bonds. The highest BCUT2D eigenvalue weighted by atomic mass is 19.3. The number of hydrogen-bond donors (Lipinski definition) is 1. The van der Waals surface area contributed by atoms with Crippen LogP contribution in [0.5, 0.6) is 0 Å². The molecule has 1 aromatic rings. The van der Waals surface area contributed by atoms with Gasteiger partial charge in [0, 0.05) is 25.6 Å². The Kier molecular flexibility index (Phi) is 3.45. The highest BCUT2D eigenvalue weighted by molar-refractivity contribution is 5.36. The molecule has 1 unspecified atom stereocenters. The molecule has 94 valence electrons. The summed E-state index contributed by atoms with van der Waals surface area (Å²) in [4.78, 5) is 0. The second-order valence-electron chi connectivity index (χ2n) is 4.54. The summed E-state index contributed by atoms with van der Waals surface area (Å²) in [5.74, 6) is -2.83. The van der Waals surface area contributed by atoms with Crippen molar-refractivity contribution in [2.24, 2.45) is 0 Å². The van der Waals surface area contributed by atoms with Crippen LogP contribution in [0.3, 0.4) is 0 Å². The highest BCUT2D eigenvalue weighted by Gasteiger charge is 2.31. The maximum atomic E-state index is 13.5. The molecule has 4 heteroatoms. The molecule has 0 radical (unpaired) electrons. The third kappa shape index (κ3) is 2.82. The van der Waals surface area contributed by atoms with Crippen LogP contribution < -0.4 is 5.32 Å². The number of ether oxygens (including phenoxy) is 1. The van der Waals surface area contributed by atoms with Gasteiger partial charge >= 0.3 is 0 Å². The summed E-state index contributed by atoms with van der Waals surface area (Å²) >= 11 is 0. The van der Waals surface area contributed by atoms with E-state index in [1.165, 1.54) is 6.07 Å². The summed E-state index contributed by atoms with van der Waals surface area (Å²) in [5.41, 5.74) is 1.64. The lowest BCUT2D eigenvalue weighted by Crippen LogP contribution is -2.34. The number of rotatable bonds is 2. The van der Waals surface area contributed by atoms with Crippen molar-refractivity contribution in [1.82, 2.24) is 5.32 Å². The van der Waals surface area contributed by atoms with Crippen molar-refractivity contribution in [2.45, 2.75) is 25.9 Å². The molecule has 1 atom stereocenters. The van der Waals surface area contributed by atoms with Crippen LogP contribution in [0, 0.1) is 6.92 Å². The molecular formula is C13H17F2NO. The average Bonchev–Trinajstić information content (AvgIpc) is 2.28. The van der Waals surface area contributed by atoms with Gasteiger partial charge in [-0.15, -0.1) is 0 Å². The van der Waals surface area contributed by atoms with Crippen molar-refractivity contribution in [1.29, 1.82) is 0 Å². The second kappa shape index (κ2) is 4.70. The van der Waals surface area contributed by atoms with E-state index in [9.17, 15) is 8.78 Å². The lowest BCUT2D eigenvalue weighted by molar-refractivity contribution is 0.00126. The zero-order valence-electron chi connectivity index (χ0n) is 10.1. The van der Waals surface area contributed by atoms with E-state index >= 15 is 0 Å². The fraction of sp³-hybridized carbons (Fsp3) is 0.538. The first-order valence-corrected chi connectivity index (χ1v) is 5.79. The maximum absolute atomic E-state index is 13.5. The van der Waals surface area contributed by atoms with Crippen molar-refractivity contribution < 1.29 is 13.5 Å². The molecule has 1 heterocycles. The molecule has 2 nitrogen and oxygen atoms in total. The van der Waals surface area contributed by atoms with Crippen molar-refractivity contribution in [2.75, 3.05) is 19.7 Å². The van der Waals surface area contributed by atoms with Gasteiger partial charge in [0.15, 0.2) is 0 Å². The minimum atomic E-state index is -2.83. The van der Waals surface area contributed by atoms with Crippen molar-refractivity contribution >= 4 is 0 Å². The molecule has 0 aliphatic carbocycles. The zero-order valence-corrected chi connectivity index (χ0v) is 10.1. The number of nitrogens with one attached hydrogen (secondary N) is 1. The fourth-order valence-corrected chi connectivity index (χ4v) is 2.11. The molecule has 1 aliphatic rings. The van der Waals surface area contributed by atoms with E-state index in [0.717, 1.165) is 19.0 Å². The molecule has 1 aliphatic heterocycles. The first kappa shape index (κ1) is 12.5. The Morgan fingerprint density at radius 1 is 1.41 bits per heavy atom. The molecule has 1 saturated heterocycles. The van der Waals surface area contributed by atoms with Crippen LogP contribution >= 0.6 is 0 Å². The average molecular weight is 241 g/mol. The summed E-state index contributed by atoms with van der Waals surface area (Å²) in [6.45, 7) is 4.76. The summed E-state index contributed by atoms with van der Waals surface area (Å²) in [6.07, 6.45) is -0.274. The third-order valence-corrected chi connectivity index (χ3v) is 2.95. The summed E-state index contributed by atoms with van der Waals surface area (Å²) in [6, 6.07) is 5.01. The normalized spacial score (nSPS) is 21.5. The lowest BCUT2D eigenvalue weighted by atomic mass is 9.95. The highest BCUT2D eigenvalue weighted by Crippen LogP contribution is 2.34. The summed E-state index contributed by atoms with van der Waals surface area (Å²) < 4.78 is 32.6. The molecule has 2 rings (SSSR count). The standard InChI is InChI=1S/C13H17F2NO/c1-9-3-4-11(13(2,14)15)10(7-9)12-8-16-5-6-17-12/h3-4,7,12,16H,5-6,8H2,1-2H3. The lowest BCUT2D eigenvalue weighted by Gasteiger charge is -2.27. The number of alkyl halides is 2. The smallest absolute Gasteiger partial charge is 0.270 e. The SMILES string of the molecule is Cc1ccc(C(C)(F)F)c(C2CNCCO2)c1. The molecule has 1 fully saturated rings. The molecule has 1 N–H and O–H groups in total. The number of halogens is 2. The van der Waals surface area contributed by atoms with Gasteiger partial charge in [0.05, 0.1) is 12.7 Å². The van der Waals surface area contributed by atoms with Gasteiger partial charge in [0.1, 0.15) is 0 Å². The quantitative estimate of drug-likeness (QED) is 0.859. The molecule has 0 saturated carbocycles. The summed E-state index contributed by atoms with van der Waals surface area (Å²) in [5, 5.41) is 3.16. The third-order valence-electron chi connectivity index (χ3n) is 2.95. The van der Waals surface area contributed by atoms with Crippen LogP contribution in [0.15, 0.2) is 18.2 Å². The molecular weight excluding hydrogens is 224 g/mol. The van der Waals surface area contributed by atoms with E-state index in [2.05, 4.69) is 5.32 Å². The Hall–Kier alpha value is -1.00. The Morgan fingerprint density at radius 2 is 2.18 bits per heavy atom. The van der Waals surface area contributed by atoms with Crippen molar-refractivity contribution in [3.05, 3.63) is 34.9 Å². The monoisotopic (exact) mass is 241 g/mol. The van der Waals surface area contributed by atoms with E-state index < -0.39 is 5.92 Å². The molecule has 0 aromatic heterocycles. The van der Waals surface area contributed by atoms with E-state index in [1.54, 1.807) is 12.1 Å². The van der Waals surface area contributed by atoms with E-state index in [0.29, 0.717) is 18.7 Å². The van der Waals surface area contributed by atoms with Crippen LogP contribution in [0.2, 0.25) is 0 Å². The second-order valence-corrected chi connectivity index (χ2v) is 4.54. The van der Waals surface area contributed by atoms with Gasteiger partial charge in [-0.25, -0.2) is 8.78 Å². The Labute approximate surface area is 100.0 Å². The van der Waals surface area contributed by atoms with Crippen LogP contribution in [-0.4, -0.2) is 19.7 Å². The van der Waals surface area contributed by atoms with Crippen molar-refractivity contribution in [3.8, 4) is 0 Å². The molecule has 0 bridgehead atoms. The minimum absolute atomic E-state index is 0.0665. The maximum Gasteiger partial charge on any atom is 0.270 e. The van der Waals surface area contributed by atoms with Crippen LogP contribution in [0.4, 0.5) is 8.78 Å². The first-order chi connectivity index (χ1) is 7.98. The first-order valence-electron chi connectivity index (χ1n) is 5.79. The van der Waals surface area contributed by atoms with Crippen LogP contribution in [0.1, 0.15) is 29.7 Å². The van der Waals surface area contributed by atoms with E-state index in [1.807, 2.05) is 6.92 Å². The van der Waals surface area contributed by atoms with Gasteiger partial charge in [-0.05, 0) is 12.5 Å². The minimum Gasteiger partial charge on any atom is -0.371 e. The largest absolute Gasteiger partial charge is 0.371 e. The molecule has 17 heavy (non-hydrogen) atoms. The van der Waals surface area contributed by atoms with E-state index in [4.69, 9.17) is 4.74 Å². The predicted octanol–water partition coefficient (Wildman–Crippen LogP) is 2.77. The number of morpholine rings is 1. The topological polar surface area (TPSA) is 21.3 Å². The van der Waals surface area contributed by atoms with Gasteiger partial charge < -0.3 is 10.1 Å². The van der Waals surface area contributed by atoms with E-state index in [-0.39, 0.29) is 11.7 Å². The number of aryl methyl sites for hydroxylation is 1. The zero-order chi connectivity index (χ0) is 12.5. The Morgan fingerprint density at radius 3 is 2.76 bits per heavy atom. The van der Waals surface area contributed by atoms with Gasteiger partial charge in [-0.2, -0.15) is 0 Å². The van der Waals surface area contributed by atoms with Gasteiger partial charge in [-0.3, -0.25) is 0 Å². The van der Waals surface area contributed by atoms with Gasteiger partial charge in [-0.1, -0.05) is 23.8 Å². The fourth-order valence-electron chi connectivity index (χ4n) is 2.11. The van der Waals surface area contributed by atoms with Gasteiger partial charge in [0.2, 0.25) is 0 Å². The summed E-state index contributed by atoms with van der Waals surface area (Å²) in [7, 11) is 0. The number of hydrogen-bond acceptors (Lipinski definition) is 2. The van der Waals surface area contributed by atoms with Gasteiger partial charge in [0.25, 0.3) is 5.92 Å².